The summed E-state index contributed by atoms with van der Waals surface area (Å²) in [5.41, 5.74) is 2.34. The minimum atomic E-state index is -0.369. The van der Waals surface area contributed by atoms with Gasteiger partial charge in [0, 0.05) is 21.5 Å². The summed E-state index contributed by atoms with van der Waals surface area (Å²) in [5.74, 6) is 1.00. The molecule has 0 fully saturated rings. The average molecular weight is 404 g/mol. The standard InChI is InChI=1S/C20H18ClNO4S/c1-24-17-5-3-4-13(9-17)20-22-16(12-27-20)11-26-19(23)10-14-8-15(21)6-7-18(14)25-2/h3-9,12H,10-11H2,1-2H3. The normalized spacial score (nSPS) is 10.5. The minimum Gasteiger partial charge on any atom is -0.497 e. The fourth-order valence-electron chi connectivity index (χ4n) is 2.51. The Balaban J connectivity index is 1.61. The van der Waals surface area contributed by atoms with Crippen molar-refractivity contribution in [3.63, 3.8) is 0 Å². The smallest absolute Gasteiger partial charge is 0.310 e. The molecule has 0 saturated heterocycles. The fraction of sp³-hybridized carbons (Fsp3) is 0.200. The first-order valence-electron chi connectivity index (χ1n) is 8.16. The lowest BCUT2D eigenvalue weighted by Gasteiger charge is -2.08. The Hall–Kier alpha value is -2.57. The molecule has 2 aromatic carbocycles. The maximum Gasteiger partial charge on any atom is 0.310 e. The second kappa shape index (κ2) is 8.88. The number of nitrogens with zero attached hydrogens (tertiary/aromatic N) is 1. The Morgan fingerprint density at radius 2 is 2.00 bits per heavy atom. The van der Waals surface area contributed by atoms with E-state index in [9.17, 15) is 4.79 Å². The van der Waals surface area contributed by atoms with E-state index >= 15 is 0 Å². The zero-order valence-electron chi connectivity index (χ0n) is 14.9. The van der Waals surface area contributed by atoms with Crippen LogP contribution in [0.4, 0.5) is 0 Å². The van der Waals surface area contributed by atoms with Gasteiger partial charge in [-0.25, -0.2) is 4.98 Å². The summed E-state index contributed by atoms with van der Waals surface area (Å²) >= 11 is 7.48. The molecule has 3 rings (SSSR count). The highest BCUT2D eigenvalue weighted by Crippen LogP contribution is 2.27. The summed E-state index contributed by atoms with van der Waals surface area (Å²) < 4.78 is 15.8. The minimum absolute atomic E-state index is 0.0800. The van der Waals surface area contributed by atoms with E-state index in [0.29, 0.717) is 22.0 Å². The van der Waals surface area contributed by atoms with Crippen LogP contribution in [0.25, 0.3) is 10.6 Å². The quantitative estimate of drug-likeness (QED) is 0.532. The molecule has 7 heteroatoms. The molecule has 3 aromatic rings. The van der Waals surface area contributed by atoms with Gasteiger partial charge in [0.05, 0.1) is 26.3 Å². The molecule has 0 unspecified atom stereocenters. The van der Waals surface area contributed by atoms with E-state index < -0.39 is 0 Å². The second-order valence-corrected chi connectivity index (χ2v) is 6.96. The summed E-state index contributed by atoms with van der Waals surface area (Å²) in [7, 11) is 3.17. The van der Waals surface area contributed by atoms with Crippen molar-refractivity contribution in [1.29, 1.82) is 0 Å². The molecular formula is C20H18ClNO4S. The number of rotatable bonds is 7. The summed E-state index contributed by atoms with van der Waals surface area (Å²) in [4.78, 5) is 16.7. The van der Waals surface area contributed by atoms with E-state index in [1.807, 2.05) is 29.6 Å². The SMILES string of the molecule is COc1cccc(-c2nc(COC(=O)Cc3cc(Cl)ccc3OC)cs2)c1. The lowest BCUT2D eigenvalue weighted by Crippen LogP contribution is -2.09. The van der Waals surface area contributed by atoms with Gasteiger partial charge in [0.1, 0.15) is 23.1 Å². The molecule has 0 aliphatic rings. The van der Waals surface area contributed by atoms with Crippen LogP contribution in [0.15, 0.2) is 47.8 Å². The lowest BCUT2D eigenvalue weighted by molar-refractivity contribution is -0.144. The van der Waals surface area contributed by atoms with Crippen LogP contribution in [0.3, 0.4) is 0 Å². The maximum absolute atomic E-state index is 12.2. The summed E-state index contributed by atoms with van der Waals surface area (Å²) in [6, 6.07) is 12.8. The number of ether oxygens (including phenoxy) is 3. The zero-order chi connectivity index (χ0) is 19.2. The molecule has 0 bridgehead atoms. The predicted molar refractivity (Wildman–Crippen MR) is 106 cm³/mol. The summed E-state index contributed by atoms with van der Waals surface area (Å²) in [6.07, 6.45) is 0.0800. The summed E-state index contributed by atoms with van der Waals surface area (Å²) in [6.45, 7) is 0.113. The molecule has 1 aromatic heterocycles. The van der Waals surface area contributed by atoms with Gasteiger partial charge in [0.15, 0.2) is 0 Å². The molecule has 0 N–H and O–H groups in total. The van der Waals surface area contributed by atoms with Crippen molar-refractivity contribution in [2.24, 2.45) is 0 Å². The number of aromatic nitrogens is 1. The number of hydrogen-bond donors (Lipinski definition) is 0. The molecule has 0 radical (unpaired) electrons. The molecule has 5 nitrogen and oxygen atoms in total. The Kier molecular flexibility index (Phi) is 6.32. The van der Waals surface area contributed by atoms with Crippen molar-refractivity contribution in [2.45, 2.75) is 13.0 Å². The molecule has 1 heterocycles. The first-order chi connectivity index (χ1) is 13.1. The van der Waals surface area contributed by atoms with Crippen molar-refractivity contribution < 1.29 is 19.0 Å². The third-order valence-electron chi connectivity index (χ3n) is 3.83. The number of methoxy groups -OCH3 is 2. The lowest BCUT2D eigenvalue weighted by atomic mass is 10.1. The van der Waals surface area contributed by atoms with E-state index in [2.05, 4.69) is 4.98 Å². The molecule has 0 aliphatic carbocycles. The van der Waals surface area contributed by atoms with Crippen LogP contribution in [-0.2, 0) is 22.6 Å². The van der Waals surface area contributed by atoms with Crippen LogP contribution in [0.5, 0.6) is 11.5 Å². The second-order valence-electron chi connectivity index (χ2n) is 5.67. The van der Waals surface area contributed by atoms with Crippen LogP contribution in [0.2, 0.25) is 5.02 Å². The largest absolute Gasteiger partial charge is 0.497 e. The zero-order valence-corrected chi connectivity index (χ0v) is 16.5. The number of esters is 1. The van der Waals surface area contributed by atoms with Gasteiger partial charge in [-0.1, -0.05) is 23.7 Å². The van der Waals surface area contributed by atoms with E-state index in [0.717, 1.165) is 16.3 Å². The molecule has 140 valence electrons. The van der Waals surface area contributed by atoms with Crippen LogP contribution in [-0.4, -0.2) is 25.2 Å². The average Bonchev–Trinajstić information content (AvgIpc) is 3.16. The van der Waals surface area contributed by atoms with Crippen molar-refractivity contribution in [1.82, 2.24) is 4.98 Å². The number of benzene rings is 2. The first kappa shape index (κ1) is 19.2. The Morgan fingerprint density at radius 3 is 2.78 bits per heavy atom. The number of halogens is 1. The molecule has 0 aliphatic heterocycles. The van der Waals surface area contributed by atoms with Crippen LogP contribution in [0.1, 0.15) is 11.3 Å². The van der Waals surface area contributed by atoms with Gasteiger partial charge in [-0.05, 0) is 30.3 Å². The van der Waals surface area contributed by atoms with E-state index in [1.54, 1.807) is 32.4 Å². The Bertz CT molecular complexity index is 941. The van der Waals surface area contributed by atoms with Crippen LogP contribution in [0, 0.1) is 0 Å². The molecule has 27 heavy (non-hydrogen) atoms. The van der Waals surface area contributed by atoms with Crippen molar-refractivity contribution in [2.75, 3.05) is 14.2 Å². The third-order valence-corrected chi connectivity index (χ3v) is 5.00. The molecular weight excluding hydrogens is 386 g/mol. The van der Waals surface area contributed by atoms with Gasteiger partial charge in [0.25, 0.3) is 0 Å². The molecule has 0 amide bonds. The Morgan fingerprint density at radius 1 is 1.15 bits per heavy atom. The van der Waals surface area contributed by atoms with Crippen molar-refractivity contribution >= 4 is 28.9 Å². The maximum atomic E-state index is 12.2. The molecule has 0 saturated carbocycles. The summed E-state index contributed by atoms with van der Waals surface area (Å²) in [5, 5.41) is 3.26. The van der Waals surface area contributed by atoms with Crippen LogP contribution < -0.4 is 9.47 Å². The van der Waals surface area contributed by atoms with Gasteiger partial charge in [-0.15, -0.1) is 11.3 Å². The van der Waals surface area contributed by atoms with Crippen LogP contribution >= 0.6 is 22.9 Å². The van der Waals surface area contributed by atoms with Gasteiger partial charge in [-0.3, -0.25) is 4.79 Å². The monoisotopic (exact) mass is 403 g/mol. The highest BCUT2D eigenvalue weighted by atomic mass is 35.5. The van der Waals surface area contributed by atoms with Gasteiger partial charge >= 0.3 is 5.97 Å². The van der Waals surface area contributed by atoms with E-state index in [-0.39, 0.29) is 19.0 Å². The first-order valence-corrected chi connectivity index (χ1v) is 9.41. The van der Waals surface area contributed by atoms with Crippen molar-refractivity contribution in [3.8, 4) is 22.1 Å². The van der Waals surface area contributed by atoms with Crippen molar-refractivity contribution in [3.05, 3.63) is 64.1 Å². The number of carbonyl (C=O) groups is 1. The molecule has 0 atom stereocenters. The molecule has 0 spiro atoms. The predicted octanol–water partition coefficient (Wildman–Crippen LogP) is 4.77. The Labute approximate surface area is 166 Å². The number of carbonyl (C=O) groups excluding carboxylic acids is 1. The van der Waals surface area contributed by atoms with Gasteiger partial charge in [-0.2, -0.15) is 0 Å². The van der Waals surface area contributed by atoms with Gasteiger partial charge in [0.2, 0.25) is 0 Å². The number of thiazole rings is 1. The van der Waals surface area contributed by atoms with Gasteiger partial charge < -0.3 is 14.2 Å². The number of hydrogen-bond acceptors (Lipinski definition) is 6. The van der Waals surface area contributed by atoms with E-state index in [1.165, 1.54) is 11.3 Å². The topological polar surface area (TPSA) is 57.7 Å². The third kappa shape index (κ3) is 4.99. The highest BCUT2D eigenvalue weighted by Gasteiger charge is 2.12. The highest BCUT2D eigenvalue weighted by molar-refractivity contribution is 7.13. The van der Waals surface area contributed by atoms with E-state index in [4.69, 9.17) is 25.8 Å². The fourth-order valence-corrected chi connectivity index (χ4v) is 3.50.